The Kier molecular flexibility index (Phi) is 6.26. The summed E-state index contributed by atoms with van der Waals surface area (Å²) in [5.41, 5.74) is 1.42. The quantitative estimate of drug-likeness (QED) is 0.843. The molecule has 0 saturated carbocycles. The smallest absolute Gasteiger partial charge is 0.319 e. The molecule has 0 heterocycles. The van der Waals surface area contributed by atoms with Crippen LogP contribution in [0.5, 0.6) is 5.75 Å². The van der Waals surface area contributed by atoms with Gasteiger partial charge in [-0.3, -0.25) is 0 Å². The van der Waals surface area contributed by atoms with Crippen molar-refractivity contribution in [1.29, 1.82) is 0 Å². The fraction of sp³-hybridized carbons (Fsp3) is 0.235. The van der Waals surface area contributed by atoms with Crippen LogP contribution in [0.15, 0.2) is 48.5 Å². The van der Waals surface area contributed by atoms with Gasteiger partial charge in [-0.1, -0.05) is 41.9 Å². The van der Waals surface area contributed by atoms with Crippen LogP contribution in [0.1, 0.15) is 11.7 Å². The van der Waals surface area contributed by atoms with E-state index in [1.807, 2.05) is 24.3 Å². The van der Waals surface area contributed by atoms with Crippen LogP contribution in [0.4, 0.5) is 10.5 Å². The number of urea groups is 1. The van der Waals surface area contributed by atoms with Crippen molar-refractivity contribution in [3.05, 3.63) is 59.1 Å². The van der Waals surface area contributed by atoms with Gasteiger partial charge in [0.05, 0.1) is 17.8 Å². The summed E-state index contributed by atoms with van der Waals surface area (Å²) >= 11 is 6.01. The van der Waals surface area contributed by atoms with Crippen molar-refractivity contribution >= 4 is 23.3 Å². The Balaban J connectivity index is 1.98. The zero-order valence-corrected chi connectivity index (χ0v) is 13.8. The van der Waals surface area contributed by atoms with E-state index in [2.05, 4.69) is 10.6 Å². The third kappa shape index (κ3) is 4.61. The van der Waals surface area contributed by atoms with E-state index in [9.17, 15) is 4.79 Å². The standard InChI is InChI=1S/C17H19ClN2O3/c1-22-15-10-6-3-7-12(15)16(23-2)11-19-17(21)20-14-9-5-4-8-13(14)18/h3-10,16H,11H2,1-2H3,(H2,19,20,21)/t16-/m1/s1. The number of carbonyl (C=O) groups is 1. The lowest BCUT2D eigenvalue weighted by molar-refractivity contribution is 0.102. The fourth-order valence-electron chi connectivity index (χ4n) is 2.17. The molecule has 2 rings (SSSR count). The molecule has 0 spiro atoms. The Bertz CT molecular complexity index is 664. The summed E-state index contributed by atoms with van der Waals surface area (Å²) in [6, 6.07) is 14.2. The van der Waals surface area contributed by atoms with Crippen LogP contribution in [0, 0.1) is 0 Å². The molecule has 0 aliphatic carbocycles. The average Bonchev–Trinajstić information content (AvgIpc) is 2.58. The summed E-state index contributed by atoms with van der Waals surface area (Å²) in [4.78, 5) is 12.0. The maximum Gasteiger partial charge on any atom is 0.319 e. The minimum absolute atomic E-state index is 0.299. The molecule has 0 aliphatic rings. The van der Waals surface area contributed by atoms with E-state index in [1.165, 1.54) is 0 Å². The topological polar surface area (TPSA) is 59.6 Å². The fourth-order valence-corrected chi connectivity index (χ4v) is 2.35. The second-order valence-electron chi connectivity index (χ2n) is 4.78. The first-order chi connectivity index (χ1) is 11.2. The maximum absolute atomic E-state index is 12.0. The van der Waals surface area contributed by atoms with Crippen molar-refractivity contribution in [3.8, 4) is 5.75 Å². The van der Waals surface area contributed by atoms with Gasteiger partial charge in [-0.2, -0.15) is 0 Å². The molecule has 0 fully saturated rings. The second kappa shape index (κ2) is 8.41. The van der Waals surface area contributed by atoms with Crippen molar-refractivity contribution in [1.82, 2.24) is 5.32 Å². The summed E-state index contributed by atoms with van der Waals surface area (Å²) in [6.07, 6.45) is -0.317. The minimum Gasteiger partial charge on any atom is -0.496 e. The predicted octanol–water partition coefficient (Wildman–Crippen LogP) is 3.86. The number of ether oxygens (including phenoxy) is 2. The van der Waals surface area contributed by atoms with E-state index < -0.39 is 0 Å². The van der Waals surface area contributed by atoms with Crippen LogP contribution in [0.2, 0.25) is 5.02 Å². The van der Waals surface area contributed by atoms with E-state index in [-0.39, 0.29) is 12.1 Å². The molecular weight excluding hydrogens is 316 g/mol. The molecule has 5 nitrogen and oxygen atoms in total. The molecule has 2 N–H and O–H groups in total. The third-order valence-electron chi connectivity index (χ3n) is 3.34. The molecule has 2 amide bonds. The van der Waals surface area contributed by atoms with Gasteiger partial charge in [0.15, 0.2) is 0 Å². The summed E-state index contributed by atoms with van der Waals surface area (Å²) < 4.78 is 10.8. The highest BCUT2D eigenvalue weighted by atomic mass is 35.5. The maximum atomic E-state index is 12.0. The number of para-hydroxylation sites is 2. The number of hydrogen-bond donors (Lipinski definition) is 2. The van der Waals surface area contributed by atoms with Crippen molar-refractivity contribution in [3.63, 3.8) is 0 Å². The molecule has 0 saturated heterocycles. The first-order valence-corrected chi connectivity index (χ1v) is 7.48. The number of amides is 2. The summed E-state index contributed by atoms with van der Waals surface area (Å²) in [5, 5.41) is 5.95. The molecule has 0 radical (unpaired) electrons. The number of halogens is 1. The van der Waals surface area contributed by atoms with Crippen LogP contribution >= 0.6 is 11.6 Å². The Labute approximate surface area is 140 Å². The van der Waals surface area contributed by atoms with Crippen LogP contribution in [0.25, 0.3) is 0 Å². The molecule has 23 heavy (non-hydrogen) atoms. The Morgan fingerprint density at radius 2 is 1.83 bits per heavy atom. The van der Waals surface area contributed by atoms with Crippen molar-refractivity contribution in [2.75, 3.05) is 26.1 Å². The number of benzene rings is 2. The highest BCUT2D eigenvalue weighted by Crippen LogP contribution is 2.26. The first kappa shape index (κ1) is 17.1. The zero-order valence-electron chi connectivity index (χ0n) is 13.0. The monoisotopic (exact) mass is 334 g/mol. The van der Waals surface area contributed by atoms with Crippen LogP contribution in [0.3, 0.4) is 0 Å². The molecule has 0 aliphatic heterocycles. The van der Waals surface area contributed by atoms with Gasteiger partial charge in [-0.05, 0) is 18.2 Å². The molecule has 122 valence electrons. The summed E-state index contributed by atoms with van der Waals surface area (Å²) in [7, 11) is 3.19. The van der Waals surface area contributed by atoms with E-state index in [1.54, 1.807) is 38.5 Å². The Morgan fingerprint density at radius 3 is 2.52 bits per heavy atom. The highest BCUT2D eigenvalue weighted by molar-refractivity contribution is 6.33. The lowest BCUT2D eigenvalue weighted by atomic mass is 10.1. The number of carbonyl (C=O) groups excluding carboxylic acids is 1. The Hall–Kier alpha value is -2.24. The zero-order chi connectivity index (χ0) is 16.7. The normalized spacial score (nSPS) is 11.6. The number of rotatable bonds is 6. The Morgan fingerprint density at radius 1 is 1.13 bits per heavy atom. The minimum atomic E-state index is -0.352. The van der Waals surface area contributed by atoms with E-state index in [0.717, 1.165) is 5.56 Å². The van der Waals surface area contributed by atoms with Gasteiger partial charge >= 0.3 is 6.03 Å². The summed E-state index contributed by atoms with van der Waals surface area (Å²) in [6.45, 7) is 0.299. The summed E-state index contributed by atoms with van der Waals surface area (Å²) in [5.74, 6) is 0.715. The molecule has 6 heteroatoms. The van der Waals surface area contributed by atoms with Gasteiger partial charge < -0.3 is 20.1 Å². The van der Waals surface area contributed by atoms with E-state index in [4.69, 9.17) is 21.1 Å². The molecule has 2 aromatic rings. The third-order valence-corrected chi connectivity index (χ3v) is 3.67. The van der Waals surface area contributed by atoms with Gasteiger partial charge in [0.1, 0.15) is 11.9 Å². The van der Waals surface area contributed by atoms with Crippen LogP contribution in [-0.4, -0.2) is 26.8 Å². The van der Waals surface area contributed by atoms with Gasteiger partial charge in [-0.15, -0.1) is 0 Å². The highest BCUT2D eigenvalue weighted by Gasteiger charge is 2.16. The van der Waals surface area contributed by atoms with Crippen molar-refractivity contribution in [2.45, 2.75) is 6.10 Å². The van der Waals surface area contributed by atoms with Gasteiger partial charge in [0.2, 0.25) is 0 Å². The largest absolute Gasteiger partial charge is 0.496 e. The molecule has 2 aromatic carbocycles. The van der Waals surface area contributed by atoms with Crippen molar-refractivity contribution < 1.29 is 14.3 Å². The van der Waals surface area contributed by atoms with Crippen LogP contribution in [-0.2, 0) is 4.74 Å². The number of nitrogens with one attached hydrogen (secondary N) is 2. The average molecular weight is 335 g/mol. The number of anilines is 1. The molecule has 0 aromatic heterocycles. The van der Waals surface area contributed by atoms with Gasteiger partial charge in [0, 0.05) is 19.2 Å². The predicted molar refractivity (Wildman–Crippen MR) is 91.2 cm³/mol. The van der Waals surface area contributed by atoms with Gasteiger partial charge in [-0.25, -0.2) is 4.79 Å². The molecule has 0 bridgehead atoms. The SMILES string of the molecule is COc1ccccc1[C@@H](CNC(=O)Nc1ccccc1Cl)OC. The van der Waals surface area contributed by atoms with Crippen LogP contribution < -0.4 is 15.4 Å². The molecule has 0 unspecified atom stereocenters. The number of hydrogen-bond acceptors (Lipinski definition) is 3. The first-order valence-electron chi connectivity index (χ1n) is 7.10. The number of methoxy groups -OCH3 is 2. The van der Waals surface area contributed by atoms with Crippen molar-refractivity contribution in [2.24, 2.45) is 0 Å². The van der Waals surface area contributed by atoms with E-state index in [0.29, 0.717) is 23.0 Å². The lowest BCUT2D eigenvalue weighted by Gasteiger charge is -2.19. The molecule has 1 atom stereocenters. The molecular formula is C17H19ClN2O3. The second-order valence-corrected chi connectivity index (χ2v) is 5.19. The van der Waals surface area contributed by atoms with Gasteiger partial charge in [0.25, 0.3) is 0 Å². The lowest BCUT2D eigenvalue weighted by Crippen LogP contribution is -2.33. The van der Waals surface area contributed by atoms with E-state index >= 15 is 0 Å².